The van der Waals surface area contributed by atoms with Crippen LogP contribution < -0.4 is 5.32 Å². The molecule has 0 aromatic heterocycles. The number of hydrogen-bond donors (Lipinski definition) is 1. The van der Waals surface area contributed by atoms with Crippen LogP contribution in [0.5, 0.6) is 0 Å². The molecule has 0 radical (unpaired) electrons. The van der Waals surface area contributed by atoms with E-state index in [0.717, 1.165) is 26.1 Å². The summed E-state index contributed by atoms with van der Waals surface area (Å²) in [7, 11) is 0. The van der Waals surface area contributed by atoms with Gasteiger partial charge in [-0.2, -0.15) is 0 Å². The average Bonchev–Trinajstić information content (AvgIpc) is 2.14. The second kappa shape index (κ2) is 5.47. The molecular weight excluding hydrogens is 194 g/mol. The van der Waals surface area contributed by atoms with Crippen molar-refractivity contribution in [1.82, 2.24) is 5.32 Å². The van der Waals surface area contributed by atoms with Gasteiger partial charge in [0.25, 0.3) is 0 Å². The van der Waals surface area contributed by atoms with Crippen LogP contribution in [0.2, 0.25) is 0 Å². The van der Waals surface area contributed by atoms with Gasteiger partial charge in [0.05, 0.1) is 12.7 Å². The fourth-order valence-corrected chi connectivity index (χ4v) is 1.48. The summed E-state index contributed by atoms with van der Waals surface area (Å²) in [6, 6.07) is 0. The van der Waals surface area contributed by atoms with Gasteiger partial charge in [-0.15, -0.1) is 0 Å². The number of morpholine rings is 1. The maximum Gasteiger partial charge on any atom is 0.306 e. The van der Waals surface area contributed by atoms with Gasteiger partial charge in [0, 0.05) is 19.5 Å². The molecule has 0 aliphatic carbocycles. The first kappa shape index (κ1) is 12.5. The first-order valence-electron chi connectivity index (χ1n) is 5.51. The Bertz CT molecular complexity index is 204. The number of rotatable bonds is 3. The summed E-state index contributed by atoms with van der Waals surface area (Å²) in [4.78, 5) is 11.4. The molecule has 1 rings (SSSR count). The SMILES string of the molecule is CC(C)(C)OC(=O)CC[C@@H]1CNCCO1. The molecule has 1 atom stereocenters. The van der Waals surface area contributed by atoms with Crippen LogP contribution in [-0.2, 0) is 14.3 Å². The van der Waals surface area contributed by atoms with Crippen LogP contribution in [-0.4, -0.2) is 37.4 Å². The second-order valence-electron chi connectivity index (χ2n) is 4.82. The Morgan fingerprint density at radius 1 is 1.53 bits per heavy atom. The molecule has 0 aromatic carbocycles. The van der Waals surface area contributed by atoms with E-state index in [1.807, 2.05) is 20.8 Å². The molecule has 1 saturated heterocycles. The molecule has 0 spiro atoms. The maximum absolute atomic E-state index is 11.4. The van der Waals surface area contributed by atoms with Crippen molar-refractivity contribution in [3.8, 4) is 0 Å². The minimum atomic E-state index is -0.386. The van der Waals surface area contributed by atoms with Gasteiger partial charge >= 0.3 is 5.97 Å². The third-order valence-corrected chi connectivity index (χ3v) is 2.09. The van der Waals surface area contributed by atoms with Crippen molar-refractivity contribution < 1.29 is 14.3 Å². The Labute approximate surface area is 91.3 Å². The van der Waals surface area contributed by atoms with Crippen LogP contribution >= 0.6 is 0 Å². The van der Waals surface area contributed by atoms with Crippen LogP contribution in [0.25, 0.3) is 0 Å². The highest BCUT2D eigenvalue weighted by atomic mass is 16.6. The summed E-state index contributed by atoms with van der Waals surface area (Å²) in [5.41, 5.74) is -0.386. The maximum atomic E-state index is 11.4. The molecule has 4 heteroatoms. The summed E-state index contributed by atoms with van der Waals surface area (Å²) >= 11 is 0. The minimum absolute atomic E-state index is 0.142. The topological polar surface area (TPSA) is 47.6 Å². The number of hydrogen-bond acceptors (Lipinski definition) is 4. The Balaban J connectivity index is 2.15. The van der Waals surface area contributed by atoms with Crippen molar-refractivity contribution >= 4 is 5.97 Å². The zero-order valence-electron chi connectivity index (χ0n) is 9.84. The van der Waals surface area contributed by atoms with Crippen LogP contribution in [0.15, 0.2) is 0 Å². The number of carbonyl (C=O) groups is 1. The van der Waals surface area contributed by atoms with Gasteiger partial charge in [-0.25, -0.2) is 0 Å². The van der Waals surface area contributed by atoms with Crippen molar-refractivity contribution in [2.75, 3.05) is 19.7 Å². The van der Waals surface area contributed by atoms with E-state index in [2.05, 4.69) is 5.32 Å². The van der Waals surface area contributed by atoms with E-state index < -0.39 is 0 Å². The molecule has 1 N–H and O–H groups in total. The molecule has 4 nitrogen and oxygen atoms in total. The first-order chi connectivity index (χ1) is 6.97. The van der Waals surface area contributed by atoms with E-state index in [0.29, 0.717) is 6.42 Å². The number of nitrogens with one attached hydrogen (secondary N) is 1. The quantitative estimate of drug-likeness (QED) is 0.716. The largest absolute Gasteiger partial charge is 0.460 e. The molecule has 0 amide bonds. The summed E-state index contributed by atoms with van der Waals surface area (Å²) in [5.74, 6) is -0.142. The van der Waals surface area contributed by atoms with Crippen LogP contribution in [0, 0.1) is 0 Å². The third-order valence-electron chi connectivity index (χ3n) is 2.09. The molecule has 1 aliphatic heterocycles. The lowest BCUT2D eigenvalue weighted by Gasteiger charge is -2.24. The molecule has 0 saturated carbocycles. The monoisotopic (exact) mass is 215 g/mol. The Morgan fingerprint density at radius 3 is 2.80 bits per heavy atom. The Morgan fingerprint density at radius 2 is 2.27 bits per heavy atom. The van der Waals surface area contributed by atoms with E-state index in [-0.39, 0.29) is 17.7 Å². The summed E-state index contributed by atoms with van der Waals surface area (Å²) in [5, 5.41) is 3.23. The van der Waals surface area contributed by atoms with Gasteiger partial charge in [-0.05, 0) is 27.2 Å². The van der Waals surface area contributed by atoms with E-state index >= 15 is 0 Å². The molecule has 88 valence electrons. The van der Waals surface area contributed by atoms with Crippen LogP contribution in [0.4, 0.5) is 0 Å². The third kappa shape index (κ3) is 5.74. The van der Waals surface area contributed by atoms with Crippen LogP contribution in [0.1, 0.15) is 33.6 Å². The summed E-state index contributed by atoms with van der Waals surface area (Å²) < 4.78 is 10.7. The second-order valence-corrected chi connectivity index (χ2v) is 4.82. The normalized spacial score (nSPS) is 22.5. The van der Waals surface area contributed by atoms with Crippen molar-refractivity contribution in [3.63, 3.8) is 0 Å². The van der Waals surface area contributed by atoms with E-state index in [1.54, 1.807) is 0 Å². The molecule has 15 heavy (non-hydrogen) atoms. The van der Waals surface area contributed by atoms with Gasteiger partial charge in [-0.3, -0.25) is 4.79 Å². The molecule has 0 unspecified atom stereocenters. The lowest BCUT2D eigenvalue weighted by atomic mass is 10.1. The predicted molar refractivity (Wildman–Crippen MR) is 57.7 cm³/mol. The fourth-order valence-electron chi connectivity index (χ4n) is 1.48. The highest BCUT2D eigenvalue weighted by Gasteiger charge is 2.19. The van der Waals surface area contributed by atoms with Crippen molar-refractivity contribution in [1.29, 1.82) is 0 Å². The summed E-state index contributed by atoms with van der Waals surface area (Å²) in [6.07, 6.45) is 1.33. The van der Waals surface area contributed by atoms with E-state index in [4.69, 9.17) is 9.47 Å². The van der Waals surface area contributed by atoms with Crippen LogP contribution in [0.3, 0.4) is 0 Å². The van der Waals surface area contributed by atoms with Gasteiger partial charge in [-0.1, -0.05) is 0 Å². The lowest BCUT2D eigenvalue weighted by molar-refractivity contribution is -0.155. The molecule has 1 fully saturated rings. The number of esters is 1. The standard InChI is InChI=1S/C11H21NO3/c1-11(2,3)15-10(13)5-4-9-8-12-6-7-14-9/h9,12H,4-8H2,1-3H3/t9-/m1/s1. The highest BCUT2D eigenvalue weighted by Crippen LogP contribution is 2.11. The predicted octanol–water partition coefficient (Wildman–Crippen LogP) is 1.10. The van der Waals surface area contributed by atoms with E-state index in [9.17, 15) is 4.79 Å². The molecule has 1 aliphatic rings. The Hall–Kier alpha value is -0.610. The van der Waals surface area contributed by atoms with Gasteiger partial charge in [0.1, 0.15) is 5.60 Å². The smallest absolute Gasteiger partial charge is 0.306 e. The van der Waals surface area contributed by atoms with Gasteiger partial charge < -0.3 is 14.8 Å². The molecule has 1 heterocycles. The fraction of sp³-hybridized carbons (Fsp3) is 0.909. The zero-order valence-corrected chi connectivity index (χ0v) is 9.84. The molecule has 0 aromatic rings. The molecule has 0 bridgehead atoms. The van der Waals surface area contributed by atoms with Crippen molar-refractivity contribution in [3.05, 3.63) is 0 Å². The number of carbonyl (C=O) groups excluding carboxylic acids is 1. The zero-order chi connectivity index (χ0) is 11.3. The summed E-state index contributed by atoms with van der Waals surface area (Å²) in [6.45, 7) is 8.11. The Kier molecular flexibility index (Phi) is 4.54. The number of ether oxygens (including phenoxy) is 2. The van der Waals surface area contributed by atoms with E-state index in [1.165, 1.54) is 0 Å². The van der Waals surface area contributed by atoms with Crippen molar-refractivity contribution in [2.45, 2.75) is 45.3 Å². The molecular formula is C11H21NO3. The van der Waals surface area contributed by atoms with Gasteiger partial charge in [0.15, 0.2) is 0 Å². The lowest BCUT2D eigenvalue weighted by Crippen LogP contribution is -2.38. The average molecular weight is 215 g/mol. The first-order valence-corrected chi connectivity index (χ1v) is 5.51. The van der Waals surface area contributed by atoms with Gasteiger partial charge in [0.2, 0.25) is 0 Å². The van der Waals surface area contributed by atoms with Crippen molar-refractivity contribution in [2.24, 2.45) is 0 Å². The minimum Gasteiger partial charge on any atom is -0.460 e. The highest BCUT2D eigenvalue weighted by molar-refractivity contribution is 5.69.